The van der Waals surface area contributed by atoms with E-state index in [9.17, 15) is 13.6 Å². The molecular weight excluding hydrogens is 352 g/mol. The highest BCUT2D eigenvalue weighted by atomic mass is 19.1. The van der Waals surface area contributed by atoms with Crippen molar-refractivity contribution in [2.45, 2.75) is 39.2 Å². The van der Waals surface area contributed by atoms with Crippen molar-refractivity contribution in [2.75, 3.05) is 6.61 Å². The lowest BCUT2D eigenvalue weighted by molar-refractivity contribution is -0.129. The summed E-state index contributed by atoms with van der Waals surface area (Å²) in [5, 5.41) is 8.67. The van der Waals surface area contributed by atoms with Gasteiger partial charge in [-0.2, -0.15) is 0 Å². The molecule has 0 unspecified atom stereocenters. The minimum atomic E-state index is -0.444. The van der Waals surface area contributed by atoms with Gasteiger partial charge in [-0.05, 0) is 67.0 Å². The van der Waals surface area contributed by atoms with Gasteiger partial charge in [0.05, 0.1) is 6.61 Å². The first-order valence-corrected chi connectivity index (χ1v) is 8.98. The Morgan fingerprint density at radius 1 is 1.15 bits per heavy atom. The third-order valence-electron chi connectivity index (χ3n) is 4.64. The molecule has 0 aliphatic rings. The maximum absolute atomic E-state index is 13.7. The van der Waals surface area contributed by atoms with Crippen molar-refractivity contribution in [1.29, 1.82) is 0 Å². The topological polar surface area (TPSA) is 58.6 Å². The molecule has 0 saturated heterocycles. The van der Waals surface area contributed by atoms with Crippen molar-refractivity contribution in [3.63, 3.8) is 0 Å². The van der Waals surface area contributed by atoms with Crippen LogP contribution in [0.15, 0.2) is 42.5 Å². The number of ether oxygens (including phenoxy) is 1. The molecule has 2 N–H and O–H groups in total. The molecule has 1 atom stereocenters. The van der Waals surface area contributed by atoms with Gasteiger partial charge in [0.2, 0.25) is 5.91 Å². The molecule has 1 amide bonds. The monoisotopic (exact) mass is 377 g/mol. The molecule has 0 aromatic heterocycles. The molecule has 0 spiro atoms. The average Bonchev–Trinajstić information content (AvgIpc) is 2.67. The Morgan fingerprint density at radius 3 is 2.59 bits per heavy atom. The number of hydroxylamine groups is 1. The van der Waals surface area contributed by atoms with Gasteiger partial charge in [-0.1, -0.05) is 24.3 Å². The highest BCUT2D eigenvalue weighted by molar-refractivity contribution is 5.74. The lowest BCUT2D eigenvalue weighted by Gasteiger charge is -2.18. The van der Waals surface area contributed by atoms with Gasteiger partial charge in [0.25, 0.3) is 0 Å². The minimum absolute atomic E-state index is 0.0745. The van der Waals surface area contributed by atoms with Crippen molar-refractivity contribution in [3.05, 3.63) is 70.8 Å². The molecule has 0 heterocycles. The van der Waals surface area contributed by atoms with E-state index >= 15 is 0 Å². The number of hydrogen-bond acceptors (Lipinski definition) is 3. The first-order chi connectivity index (χ1) is 13.0. The second-order valence-corrected chi connectivity index (χ2v) is 6.64. The first-order valence-electron chi connectivity index (χ1n) is 8.98. The van der Waals surface area contributed by atoms with E-state index in [1.165, 1.54) is 18.2 Å². The molecule has 6 heteroatoms. The third kappa shape index (κ3) is 7.07. The van der Waals surface area contributed by atoms with Crippen molar-refractivity contribution in [1.82, 2.24) is 5.48 Å². The molecular formula is C21H25F2NO3. The summed E-state index contributed by atoms with van der Waals surface area (Å²) < 4.78 is 32.4. The maximum atomic E-state index is 13.7. The van der Waals surface area contributed by atoms with E-state index in [2.05, 4.69) is 0 Å². The fraction of sp³-hybridized carbons (Fsp3) is 0.381. The number of carbonyl (C=O) groups excluding carboxylic acids is 1. The van der Waals surface area contributed by atoms with Gasteiger partial charge in [-0.3, -0.25) is 10.0 Å². The molecule has 2 rings (SSSR count). The molecule has 0 fully saturated rings. The zero-order valence-electron chi connectivity index (χ0n) is 15.4. The zero-order chi connectivity index (χ0) is 19.6. The Labute approximate surface area is 158 Å². The predicted molar refractivity (Wildman–Crippen MR) is 98.2 cm³/mol. The largest absolute Gasteiger partial charge is 0.376 e. The van der Waals surface area contributed by atoms with Gasteiger partial charge in [0.15, 0.2) is 0 Å². The molecule has 27 heavy (non-hydrogen) atoms. The van der Waals surface area contributed by atoms with Gasteiger partial charge in [0.1, 0.15) is 11.6 Å². The van der Waals surface area contributed by atoms with Crippen LogP contribution >= 0.6 is 0 Å². The Balaban J connectivity index is 1.90. The van der Waals surface area contributed by atoms with E-state index < -0.39 is 5.91 Å². The van der Waals surface area contributed by atoms with Crippen LogP contribution in [0.3, 0.4) is 0 Å². The summed E-state index contributed by atoms with van der Waals surface area (Å²) in [4.78, 5) is 11.3. The molecule has 146 valence electrons. The Bertz CT molecular complexity index is 735. The van der Waals surface area contributed by atoms with Crippen molar-refractivity contribution in [2.24, 2.45) is 5.92 Å². The quantitative estimate of drug-likeness (QED) is 0.479. The van der Waals surface area contributed by atoms with Crippen LogP contribution in [0.25, 0.3) is 0 Å². The lowest BCUT2D eigenvalue weighted by atomic mass is 9.94. The minimum Gasteiger partial charge on any atom is -0.376 e. The lowest BCUT2D eigenvalue weighted by Crippen LogP contribution is -2.21. The maximum Gasteiger partial charge on any atom is 0.243 e. The van der Waals surface area contributed by atoms with Gasteiger partial charge >= 0.3 is 0 Å². The number of nitrogens with one attached hydrogen (secondary N) is 1. The molecule has 2 aromatic carbocycles. The van der Waals surface area contributed by atoms with Crippen LogP contribution in [0.4, 0.5) is 8.78 Å². The summed E-state index contributed by atoms with van der Waals surface area (Å²) in [5.74, 6) is -0.890. The third-order valence-corrected chi connectivity index (χ3v) is 4.64. The van der Waals surface area contributed by atoms with E-state index in [1.807, 2.05) is 6.07 Å². The molecule has 0 saturated carbocycles. The Morgan fingerprint density at radius 2 is 1.89 bits per heavy atom. The summed E-state index contributed by atoms with van der Waals surface area (Å²) in [6.07, 6.45) is 2.13. The Hall–Kier alpha value is -2.31. The summed E-state index contributed by atoms with van der Waals surface area (Å²) >= 11 is 0. The fourth-order valence-electron chi connectivity index (χ4n) is 2.91. The van der Waals surface area contributed by atoms with Crippen LogP contribution in [0, 0.1) is 24.5 Å². The smallest absolute Gasteiger partial charge is 0.243 e. The molecule has 0 radical (unpaired) electrons. The number of amides is 1. The normalized spacial score (nSPS) is 12.0. The molecule has 0 aliphatic carbocycles. The van der Waals surface area contributed by atoms with E-state index in [0.29, 0.717) is 31.6 Å². The molecule has 2 aromatic rings. The number of halogens is 2. The first kappa shape index (κ1) is 21.0. The Kier molecular flexibility index (Phi) is 8.36. The summed E-state index contributed by atoms with van der Waals surface area (Å²) in [6, 6.07) is 11.1. The van der Waals surface area contributed by atoms with Gasteiger partial charge in [-0.15, -0.1) is 0 Å². The highest BCUT2D eigenvalue weighted by Crippen LogP contribution is 2.20. The molecule has 4 nitrogen and oxygen atoms in total. The van der Waals surface area contributed by atoms with Gasteiger partial charge in [0, 0.05) is 13.0 Å². The fourth-order valence-corrected chi connectivity index (χ4v) is 2.91. The predicted octanol–water partition coefficient (Wildman–Crippen LogP) is 4.32. The van der Waals surface area contributed by atoms with Crippen molar-refractivity contribution < 1.29 is 23.5 Å². The second-order valence-electron chi connectivity index (χ2n) is 6.64. The zero-order valence-corrected chi connectivity index (χ0v) is 15.4. The standard InChI is InChI=1S/C21H25F2NO3/c1-15-18(3-2-4-20(15)23)9-5-16(8-12-21(25)24-26)13-27-14-17-6-10-19(22)11-7-17/h2-4,6-7,10-11,16,26H,5,8-9,12-14H2,1H3,(H,24,25)/t16-/m1/s1. The van der Waals surface area contributed by atoms with E-state index in [1.54, 1.807) is 30.6 Å². The van der Waals surface area contributed by atoms with Crippen LogP contribution in [0.1, 0.15) is 36.0 Å². The highest BCUT2D eigenvalue weighted by Gasteiger charge is 2.14. The van der Waals surface area contributed by atoms with Crippen molar-refractivity contribution in [3.8, 4) is 0 Å². The van der Waals surface area contributed by atoms with E-state index in [-0.39, 0.29) is 24.0 Å². The molecule has 0 bridgehead atoms. The summed E-state index contributed by atoms with van der Waals surface area (Å²) in [6.45, 7) is 2.52. The second kappa shape index (κ2) is 10.7. The average molecular weight is 377 g/mol. The van der Waals surface area contributed by atoms with Crippen LogP contribution < -0.4 is 5.48 Å². The van der Waals surface area contributed by atoms with E-state index in [4.69, 9.17) is 9.94 Å². The van der Waals surface area contributed by atoms with Crippen LogP contribution in [-0.2, 0) is 22.6 Å². The van der Waals surface area contributed by atoms with Crippen molar-refractivity contribution >= 4 is 5.91 Å². The number of carbonyl (C=O) groups is 1. The number of rotatable bonds is 10. The van der Waals surface area contributed by atoms with Crippen LogP contribution in [0.5, 0.6) is 0 Å². The molecule has 0 aliphatic heterocycles. The van der Waals surface area contributed by atoms with Gasteiger partial charge in [-0.25, -0.2) is 14.3 Å². The SMILES string of the molecule is Cc1c(F)cccc1CC[C@H](CCC(=O)NO)COCc1ccc(F)cc1. The van der Waals surface area contributed by atoms with E-state index in [0.717, 1.165) is 17.5 Å². The number of benzene rings is 2. The number of hydrogen-bond donors (Lipinski definition) is 2. The van der Waals surface area contributed by atoms with Crippen LogP contribution in [-0.4, -0.2) is 17.7 Å². The summed E-state index contributed by atoms with van der Waals surface area (Å²) in [7, 11) is 0. The number of aryl methyl sites for hydroxylation is 1. The van der Waals surface area contributed by atoms with Crippen LogP contribution in [0.2, 0.25) is 0 Å². The van der Waals surface area contributed by atoms with Gasteiger partial charge < -0.3 is 4.74 Å². The summed E-state index contributed by atoms with van der Waals surface area (Å²) in [5.41, 5.74) is 4.07.